The minimum atomic E-state index is 1.20. The Labute approximate surface area is 183 Å². The highest BCUT2D eigenvalue weighted by Gasteiger charge is 2.16. The van der Waals surface area contributed by atoms with Gasteiger partial charge in [0.1, 0.15) is 12.4 Å². The molecule has 0 aromatic carbocycles. The van der Waals surface area contributed by atoms with Crippen molar-refractivity contribution in [2.24, 2.45) is 0 Å². The van der Waals surface area contributed by atoms with E-state index >= 15 is 0 Å². The van der Waals surface area contributed by atoms with Crippen LogP contribution >= 0.6 is 0 Å². The quantitative estimate of drug-likeness (QED) is 0.143. The predicted molar refractivity (Wildman–Crippen MR) is 128 cm³/mol. The Morgan fingerprint density at radius 3 is 1.62 bits per heavy atom. The van der Waals surface area contributed by atoms with Crippen molar-refractivity contribution in [3.05, 3.63) is 18.2 Å². The SMILES string of the molecule is CCCCCCCCCCCC[n+]1ccn(CCCC)c1CCCCCCCC. The average molecular weight is 406 g/mol. The Balaban J connectivity index is 2.27. The van der Waals surface area contributed by atoms with Crippen molar-refractivity contribution in [2.45, 2.75) is 156 Å². The third-order valence-corrected chi connectivity index (χ3v) is 6.35. The first-order valence-electron chi connectivity index (χ1n) is 13.4. The van der Waals surface area contributed by atoms with Gasteiger partial charge < -0.3 is 0 Å². The predicted octanol–water partition coefficient (Wildman–Crippen LogP) is 8.40. The zero-order chi connectivity index (χ0) is 21.0. The van der Waals surface area contributed by atoms with Crippen molar-refractivity contribution in [3.8, 4) is 0 Å². The highest BCUT2D eigenvalue weighted by atomic mass is 15.1. The van der Waals surface area contributed by atoms with Gasteiger partial charge in [0.2, 0.25) is 0 Å². The second-order valence-electron chi connectivity index (χ2n) is 9.15. The number of hydrogen-bond donors (Lipinski definition) is 0. The Morgan fingerprint density at radius 2 is 1.07 bits per heavy atom. The molecule has 0 amide bonds. The van der Waals surface area contributed by atoms with Crippen LogP contribution < -0.4 is 4.57 Å². The van der Waals surface area contributed by atoms with E-state index in [0.717, 1.165) is 0 Å². The first-order valence-corrected chi connectivity index (χ1v) is 13.4. The third-order valence-electron chi connectivity index (χ3n) is 6.35. The lowest BCUT2D eigenvalue weighted by atomic mass is 10.1. The summed E-state index contributed by atoms with van der Waals surface area (Å²) in [7, 11) is 0. The van der Waals surface area contributed by atoms with Crippen LogP contribution in [0, 0.1) is 0 Å². The van der Waals surface area contributed by atoms with Gasteiger partial charge in [-0.2, -0.15) is 0 Å². The molecule has 2 heteroatoms. The molecule has 29 heavy (non-hydrogen) atoms. The molecule has 0 fully saturated rings. The highest BCUT2D eigenvalue weighted by Crippen LogP contribution is 2.12. The van der Waals surface area contributed by atoms with Crippen molar-refractivity contribution in [1.82, 2.24) is 4.57 Å². The molecular weight excluding hydrogens is 352 g/mol. The van der Waals surface area contributed by atoms with E-state index < -0.39 is 0 Å². The number of rotatable bonds is 21. The molecule has 0 saturated heterocycles. The Morgan fingerprint density at radius 1 is 0.586 bits per heavy atom. The first kappa shape index (κ1) is 26.2. The van der Waals surface area contributed by atoms with Crippen LogP contribution in [-0.4, -0.2) is 4.57 Å². The van der Waals surface area contributed by atoms with Crippen LogP contribution in [0.15, 0.2) is 12.4 Å². The van der Waals surface area contributed by atoms with Gasteiger partial charge >= 0.3 is 0 Å². The van der Waals surface area contributed by atoms with E-state index in [-0.39, 0.29) is 0 Å². The monoisotopic (exact) mass is 405 g/mol. The Hall–Kier alpha value is -0.790. The summed E-state index contributed by atoms with van der Waals surface area (Å²) in [6.45, 7) is 9.33. The Kier molecular flexibility index (Phi) is 17.4. The number of aromatic nitrogens is 2. The molecule has 0 radical (unpaired) electrons. The minimum Gasteiger partial charge on any atom is -0.234 e. The van der Waals surface area contributed by atoms with Gasteiger partial charge in [-0.05, 0) is 25.7 Å². The molecular formula is C27H53N2+. The lowest BCUT2D eigenvalue weighted by molar-refractivity contribution is -0.704. The molecule has 0 bridgehead atoms. The Bertz CT molecular complexity index is 463. The number of aryl methyl sites for hydroxylation is 2. The summed E-state index contributed by atoms with van der Waals surface area (Å²) in [5, 5.41) is 0. The van der Waals surface area contributed by atoms with Gasteiger partial charge in [0.05, 0.1) is 13.1 Å². The fraction of sp³-hybridized carbons (Fsp3) is 0.889. The summed E-state index contributed by atoms with van der Waals surface area (Å²) in [6.07, 6.45) is 31.1. The lowest BCUT2D eigenvalue weighted by Gasteiger charge is -2.06. The number of unbranched alkanes of at least 4 members (excludes halogenated alkanes) is 15. The fourth-order valence-electron chi connectivity index (χ4n) is 4.35. The van der Waals surface area contributed by atoms with Crippen LogP contribution in [0.1, 0.15) is 142 Å². The summed E-state index contributed by atoms with van der Waals surface area (Å²) in [4.78, 5) is 0. The van der Waals surface area contributed by atoms with E-state index in [1.807, 2.05) is 0 Å². The van der Waals surface area contributed by atoms with Gasteiger partial charge in [-0.3, -0.25) is 0 Å². The summed E-state index contributed by atoms with van der Waals surface area (Å²) < 4.78 is 5.12. The second kappa shape index (κ2) is 19.2. The molecule has 0 spiro atoms. The molecule has 170 valence electrons. The normalized spacial score (nSPS) is 11.4. The molecule has 1 rings (SSSR count). The van der Waals surface area contributed by atoms with Crippen molar-refractivity contribution >= 4 is 0 Å². The van der Waals surface area contributed by atoms with Gasteiger partial charge in [0.25, 0.3) is 5.82 Å². The molecule has 0 saturated carbocycles. The second-order valence-corrected chi connectivity index (χ2v) is 9.15. The summed E-state index contributed by atoms with van der Waals surface area (Å²) in [6, 6.07) is 0. The summed E-state index contributed by atoms with van der Waals surface area (Å²) in [5.41, 5.74) is 0. The molecule has 0 aliphatic carbocycles. The molecule has 1 aromatic rings. The van der Waals surface area contributed by atoms with Crippen molar-refractivity contribution in [2.75, 3.05) is 0 Å². The van der Waals surface area contributed by atoms with E-state index in [1.54, 1.807) is 5.82 Å². The smallest absolute Gasteiger partial charge is 0.234 e. The molecule has 2 nitrogen and oxygen atoms in total. The molecule has 0 aliphatic rings. The topological polar surface area (TPSA) is 8.81 Å². The molecule has 1 heterocycles. The van der Waals surface area contributed by atoms with Crippen LogP contribution in [0.5, 0.6) is 0 Å². The minimum absolute atomic E-state index is 1.20. The fourth-order valence-corrected chi connectivity index (χ4v) is 4.35. The van der Waals surface area contributed by atoms with E-state index in [4.69, 9.17) is 0 Å². The molecule has 0 unspecified atom stereocenters. The van der Waals surface area contributed by atoms with E-state index in [9.17, 15) is 0 Å². The highest BCUT2D eigenvalue weighted by molar-refractivity contribution is 4.84. The summed E-state index contributed by atoms with van der Waals surface area (Å²) in [5.74, 6) is 1.59. The maximum absolute atomic E-state index is 2.58. The van der Waals surface area contributed by atoms with Crippen molar-refractivity contribution < 1.29 is 4.57 Å². The first-order chi connectivity index (χ1) is 14.3. The molecule has 0 aliphatic heterocycles. The van der Waals surface area contributed by atoms with Gasteiger partial charge in [0.15, 0.2) is 0 Å². The van der Waals surface area contributed by atoms with Gasteiger partial charge in [-0.15, -0.1) is 0 Å². The number of nitrogens with zero attached hydrogens (tertiary/aromatic N) is 2. The van der Waals surface area contributed by atoms with Crippen LogP contribution in [0.4, 0.5) is 0 Å². The van der Waals surface area contributed by atoms with Gasteiger partial charge in [0, 0.05) is 6.42 Å². The van der Waals surface area contributed by atoms with E-state index in [1.165, 1.54) is 135 Å². The van der Waals surface area contributed by atoms with Crippen LogP contribution in [0.25, 0.3) is 0 Å². The maximum Gasteiger partial charge on any atom is 0.256 e. The molecule has 0 atom stereocenters. The third kappa shape index (κ3) is 13.2. The van der Waals surface area contributed by atoms with E-state index in [2.05, 4.69) is 42.3 Å². The molecule has 1 aromatic heterocycles. The number of imidazole rings is 1. The van der Waals surface area contributed by atoms with Crippen LogP contribution in [0.2, 0.25) is 0 Å². The zero-order valence-electron chi connectivity index (χ0n) is 20.4. The average Bonchev–Trinajstić information content (AvgIpc) is 3.12. The van der Waals surface area contributed by atoms with Gasteiger partial charge in [-0.1, -0.05) is 111 Å². The van der Waals surface area contributed by atoms with Crippen LogP contribution in [0.3, 0.4) is 0 Å². The zero-order valence-corrected chi connectivity index (χ0v) is 20.4. The van der Waals surface area contributed by atoms with Crippen molar-refractivity contribution in [3.63, 3.8) is 0 Å². The standard InChI is InChI=1S/C27H53N2/c1-4-7-10-12-14-15-16-17-19-21-24-29-26-25-28(23-9-6-3)27(29)22-20-18-13-11-8-5-2/h25-26H,4-24H2,1-3H3/q+1. The largest absolute Gasteiger partial charge is 0.256 e. The maximum atomic E-state index is 2.58. The van der Waals surface area contributed by atoms with Gasteiger partial charge in [-0.25, -0.2) is 9.13 Å². The lowest BCUT2D eigenvalue weighted by Crippen LogP contribution is -2.37. The van der Waals surface area contributed by atoms with Crippen molar-refractivity contribution in [1.29, 1.82) is 0 Å². The molecule has 0 N–H and O–H groups in total. The summed E-state index contributed by atoms with van der Waals surface area (Å²) >= 11 is 0. The van der Waals surface area contributed by atoms with E-state index in [0.29, 0.717) is 0 Å². The van der Waals surface area contributed by atoms with Crippen LogP contribution in [-0.2, 0) is 19.5 Å². The number of hydrogen-bond acceptors (Lipinski definition) is 0.